The van der Waals surface area contributed by atoms with Crippen molar-refractivity contribution in [3.63, 3.8) is 0 Å². The van der Waals surface area contributed by atoms with Crippen LogP contribution in [0.4, 0.5) is 8.78 Å². The molecule has 3 rings (SSSR count). The van der Waals surface area contributed by atoms with Gasteiger partial charge in [0.1, 0.15) is 23.5 Å². The number of amides is 2. The van der Waals surface area contributed by atoms with E-state index in [1.807, 2.05) is 25.8 Å². The molecule has 0 saturated carbocycles. The van der Waals surface area contributed by atoms with Gasteiger partial charge in [-0.15, -0.1) is 0 Å². The molecule has 2 amide bonds. The quantitative estimate of drug-likeness (QED) is 0.751. The summed E-state index contributed by atoms with van der Waals surface area (Å²) in [5.41, 5.74) is 6.32. The largest absolute Gasteiger partial charge is 0.368 e. The van der Waals surface area contributed by atoms with Crippen molar-refractivity contribution in [2.24, 2.45) is 11.7 Å². The van der Waals surface area contributed by atoms with Crippen LogP contribution in [0.3, 0.4) is 0 Å². The Balaban J connectivity index is 2.05. The number of fused-ring (bicyclic) bond motifs is 1. The van der Waals surface area contributed by atoms with E-state index in [0.717, 1.165) is 25.1 Å². The molecular formula is C21H27F2N5O2. The molecule has 0 radical (unpaired) electrons. The number of nitrogens with two attached hydrogens (primary N) is 1. The molecule has 30 heavy (non-hydrogen) atoms. The number of hydrogen-bond acceptors (Lipinski definition) is 4. The third-order valence-corrected chi connectivity index (χ3v) is 5.16. The Morgan fingerprint density at radius 2 is 2.00 bits per heavy atom. The van der Waals surface area contributed by atoms with Crippen LogP contribution in [0.25, 0.3) is 11.4 Å². The summed E-state index contributed by atoms with van der Waals surface area (Å²) in [4.78, 5) is 31.3. The smallest absolute Gasteiger partial charge is 0.272 e. The summed E-state index contributed by atoms with van der Waals surface area (Å²) in [6, 6.07) is 2.45. The summed E-state index contributed by atoms with van der Waals surface area (Å²) in [7, 11) is 1.92. The Morgan fingerprint density at radius 1 is 1.27 bits per heavy atom. The first-order chi connectivity index (χ1) is 14.2. The van der Waals surface area contributed by atoms with Crippen molar-refractivity contribution in [2.45, 2.75) is 45.8 Å². The van der Waals surface area contributed by atoms with Crippen molar-refractivity contribution in [1.82, 2.24) is 19.8 Å². The van der Waals surface area contributed by atoms with Crippen LogP contribution < -0.4 is 11.1 Å². The van der Waals surface area contributed by atoms with Crippen LogP contribution in [0.5, 0.6) is 0 Å². The molecule has 1 aromatic heterocycles. The number of imidazole rings is 1. The molecular weight excluding hydrogens is 392 g/mol. The molecule has 2 aromatic rings. The van der Waals surface area contributed by atoms with E-state index < -0.39 is 29.5 Å². The van der Waals surface area contributed by atoms with Crippen molar-refractivity contribution in [1.29, 1.82) is 0 Å². The maximum absolute atomic E-state index is 14.5. The average Bonchev–Trinajstić information content (AvgIpc) is 2.87. The van der Waals surface area contributed by atoms with Gasteiger partial charge >= 0.3 is 0 Å². The van der Waals surface area contributed by atoms with Crippen LogP contribution >= 0.6 is 0 Å². The highest BCUT2D eigenvalue weighted by atomic mass is 19.1. The summed E-state index contributed by atoms with van der Waals surface area (Å²) in [5, 5.41) is 2.68. The Labute approximate surface area is 174 Å². The number of benzene rings is 1. The lowest BCUT2D eigenvalue weighted by Gasteiger charge is -2.18. The zero-order valence-electron chi connectivity index (χ0n) is 17.4. The lowest BCUT2D eigenvalue weighted by molar-refractivity contribution is -0.120. The lowest BCUT2D eigenvalue weighted by Crippen LogP contribution is -2.45. The first-order valence-electron chi connectivity index (χ1n) is 10.0. The van der Waals surface area contributed by atoms with Crippen LogP contribution in [-0.2, 0) is 17.9 Å². The van der Waals surface area contributed by atoms with Crippen molar-refractivity contribution in [2.75, 3.05) is 13.6 Å². The molecule has 0 spiro atoms. The van der Waals surface area contributed by atoms with Gasteiger partial charge in [0.15, 0.2) is 5.69 Å². The summed E-state index contributed by atoms with van der Waals surface area (Å²) in [5.74, 6) is -2.17. The van der Waals surface area contributed by atoms with Gasteiger partial charge in [-0.3, -0.25) is 9.59 Å². The Kier molecular flexibility index (Phi) is 6.50. The first kappa shape index (κ1) is 21.9. The summed E-state index contributed by atoms with van der Waals surface area (Å²) >= 11 is 0. The van der Waals surface area contributed by atoms with Crippen LogP contribution in [0.15, 0.2) is 18.2 Å². The van der Waals surface area contributed by atoms with Crippen LogP contribution in [0, 0.1) is 17.6 Å². The molecule has 2 heterocycles. The molecule has 0 fully saturated rings. The van der Waals surface area contributed by atoms with Gasteiger partial charge in [0.2, 0.25) is 5.91 Å². The molecule has 1 aliphatic rings. The highest BCUT2D eigenvalue weighted by Crippen LogP contribution is 2.28. The Bertz CT molecular complexity index is 957. The highest BCUT2D eigenvalue weighted by molar-refractivity contribution is 5.97. The van der Waals surface area contributed by atoms with E-state index >= 15 is 0 Å². The van der Waals surface area contributed by atoms with Crippen molar-refractivity contribution < 1.29 is 18.4 Å². The van der Waals surface area contributed by atoms with Gasteiger partial charge in [0.25, 0.3) is 5.91 Å². The lowest BCUT2D eigenvalue weighted by atomic mass is 10.0. The topological polar surface area (TPSA) is 93.2 Å². The zero-order chi connectivity index (χ0) is 22.0. The second kappa shape index (κ2) is 8.91. The normalized spacial score (nSPS) is 15.5. The number of carbonyl (C=O) groups excluding carboxylic acids is 2. The maximum atomic E-state index is 14.5. The molecule has 1 unspecified atom stereocenters. The van der Waals surface area contributed by atoms with E-state index in [1.54, 1.807) is 4.57 Å². The number of primary amides is 1. The molecule has 0 bridgehead atoms. The van der Waals surface area contributed by atoms with E-state index in [9.17, 15) is 18.4 Å². The van der Waals surface area contributed by atoms with Gasteiger partial charge in [-0.25, -0.2) is 13.8 Å². The molecule has 1 aromatic carbocycles. The monoisotopic (exact) mass is 419 g/mol. The number of aromatic nitrogens is 2. The molecule has 162 valence electrons. The molecule has 0 saturated heterocycles. The number of hydrogen-bond donors (Lipinski definition) is 2. The molecule has 0 aliphatic carbocycles. The number of halogens is 2. The van der Waals surface area contributed by atoms with Gasteiger partial charge in [-0.05, 0) is 44.5 Å². The van der Waals surface area contributed by atoms with Crippen LogP contribution in [0.2, 0.25) is 0 Å². The maximum Gasteiger partial charge on any atom is 0.272 e. The molecule has 3 N–H and O–H groups in total. The highest BCUT2D eigenvalue weighted by Gasteiger charge is 2.29. The molecule has 1 aliphatic heterocycles. The van der Waals surface area contributed by atoms with Crippen LogP contribution in [-0.4, -0.2) is 45.9 Å². The second-order valence-corrected chi connectivity index (χ2v) is 8.16. The second-order valence-electron chi connectivity index (χ2n) is 8.16. The fourth-order valence-electron chi connectivity index (χ4n) is 3.72. The third-order valence-electron chi connectivity index (χ3n) is 5.16. The van der Waals surface area contributed by atoms with Gasteiger partial charge in [-0.1, -0.05) is 13.8 Å². The van der Waals surface area contributed by atoms with E-state index in [0.29, 0.717) is 25.2 Å². The van der Waals surface area contributed by atoms with Crippen LogP contribution in [0.1, 0.15) is 42.9 Å². The van der Waals surface area contributed by atoms with Gasteiger partial charge in [-0.2, -0.15) is 0 Å². The molecule has 7 nitrogen and oxygen atoms in total. The standard InChI is InChI=1S/C21H27F2N5O2/c1-12(2)9-16(19(24)29)25-21(30)18-17-11-27(3)7-4-8-28(17)20(26-18)14-6-5-13(22)10-15(14)23/h5-6,10,12,16H,4,7-9,11H2,1-3H3,(H2,24,29)(H,25,30). The summed E-state index contributed by atoms with van der Waals surface area (Å²) in [6.45, 7) is 5.62. The molecule has 1 atom stereocenters. The predicted octanol–water partition coefficient (Wildman–Crippen LogP) is 2.29. The zero-order valence-corrected chi connectivity index (χ0v) is 17.4. The number of carbonyl (C=O) groups is 2. The fraction of sp³-hybridized carbons (Fsp3) is 0.476. The Morgan fingerprint density at radius 3 is 2.63 bits per heavy atom. The van der Waals surface area contributed by atoms with Crippen molar-refractivity contribution in [3.05, 3.63) is 41.2 Å². The first-order valence-corrected chi connectivity index (χ1v) is 10.0. The van der Waals surface area contributed by atoms with Crippen molar-refractivity contribution in [3.8, 4) is 11.4 Å². The number of nitrogens with zero attached hydrogens (tertiary/aromatic N) is 3. The SMILES string of the molecule is CC(C)CC(NC(=O)c1nc(-c2ccc(F)cc2F)n2c1CN(C)CCC2)C(N)=O. The van der Waals surface area contributed by atoms with Gasteiger partial charge in [0.05, 0.1) is 11.3 Å². The Hall–Kier alpha value is -2.81. The minimum absolute atomic E-state index is 0.120. The van der Waals surface area contributed by atoms with Gasteiger partial charge in [0, 0.05) is 19.2 Å². The van der Waals surface area contributed by atoms with Gasteiger partial charge < -0.3 is 20.5 Å². The number of rotatable bonds is 6. The van der Waals surface area contributed by atoms with Crippen molar-refractivity contribution >= 4 is 11.8 Å². The summed E-state index contributed by atoms with van der Waals surface area (Å²) < 4.78 is 29.7. The fourth-order valence-corrected chi connectivity index (χ4v) is 3.72. The minimum atomic E-state index is -0.829. The third kappa shape index (κ3) is 4.67. The van der Waals surface area contributed by atoms with E-state index in [2.05, 4.69) is 10.3 Å². The van der Waals surface area contributed by atoms with E-state index in [4.69, 9.17) is 5.73 Å². The molecule has 9 heteroatoms. The average molecular weight is 419 g/mol. The van der Waals surface area contributed by atoms with E-state index in [-0.39, 0.29) is 23.0 Å². The predicted molar refractivity (Wildman–Crippen MR) is 108 cm³/mol. The summed E-state index contributed by atoms with van der Waals surface area (Å²) in [6.07, 6.45) is 1.18. The van der Waals surface area contributed by atoms with E-state index in [1.165, 1.54) is 6.07 Å². The minimum Gasteiger partial charge on any atom is -0.368 e. The number of nitrogens with one attached hydrogen (secondary N) is 1.